The van der Waals surface area contributed by atoms with Crippen molar-refractivity contribution < 1.29 is 67.4 Å². The number of rotatable bonds is 20. The minimum Gasteiger partial charge on any atom is -0.455 e. The fourth-order valence-corrected chi connectivity index (χ4v) is 13.2. The van der Waals surface area contributed by atoms with Gasteiger partial charge in [-0.3, -0.25) is 87.2 Å². The van der Waals surface area contributed by atoms with Crippen LogP contribution in [0.1, 0.15) is 90.7 Å². The molecule has 0 aliphatic carbocycles. The van der Waals surface area contributed by atoms with Gasteiger partial charge in [0.15, 0.2) is 0 Å². The number of amides is 6. The summed E-state index contributed by atoms with van der Waals surface area (Å²) < 4.78 is 41.7. The highest BCUT2D eigenvalue weighted by molar-refractivity contribution is 6.45. The van der Waals surface area contributed by atoms with Crippen molar-refractivity contribution in [2.45, 2.75) is 76.4 Å². The SMILES string of the molecule is Cc1cn([C@@H]2C[C@@H](O)[C@H](CNC(=O)CCN3C(=O)c4cc(Oc5cccnc5)c5c6c(Oc7cccnc7)cc7c8c(cc(Oc9cccnc9)c(c9c(Oc%10cccnc%10)cc(c4c59)C3=O)c86)C(=O)N(CCC(=O)NC[C@H]3O[C@@H](n4cc(C)c(=O)[nH]c4=O)C[C@@H]3O)C7=O)O2)c(=O)[nH]c1=O. The molecule has 5 aromatic carbocycles. The summed E-state index contributed by atoms with van der Waals surface area (Å²) in [5.41, 5.74) is -2.44. The maximum absolute atomic E-state index is 15.5. The van der Waals surface area contributed by atoms with Gasteiger partial charge in [0.1, 0.15) is 70.7 Å². The molecule has 6 amide bonds. The van der Waals surface area contributed by atoms with Crippen LogP contribution in [0.3, 0.4) is 0 Å². The maximum Gasteiger partial charge on any atom is 0.330 e. The van der Waals surface area contributed by atoms with Gasteiger partial charge in [-0.25, -0.2) is 9.59 Å². The van der Waals surface area contributed by atoms with E-state index in [0.29, 0.717) is 0 Å². The van der Waals surface area contributed by atoms with Gasteiger partial charge in [0.25, 0.3) is 34.7 Å². The second-order valence-electron chi connectivity index (χ2n) is 24.3. The molecule has 0 unspecified atom stereocenters. The zero-order valence-electron chi connectivity index (χ0n) is 52.8. The molecule has 0 saturated carbocycles. The van der Waals surface area contributed by atoms with Gasteiger partial charge < -0.3 is 49.3 Å². The highest BCUT2D eigenvalue weighted by Crippen LogP contribution is 2.58. The summed E-state index contributed by atoms with van der Waals surface area (Å²) >= 11 is 0. The van der Waals surface area contributed by atoms with Crippen LogP contribution >= 0.6 is 0 Å². The van der Waals surface area contributed by atoms with E-state index in [9.17, 15) is 39.0 Å². The number of H-pyrrole nitrogens is 2. The molecule has 2 fully saturated rings. The number of aromatic nitrogens is 8. The number of benzene rings is 5. The van der Waals surface area contributed by atoms with Crippen LogP contribution in [-0.4, -0.2) is 145 Å². The Kier molecular flexibility index (Phi) is 16.3. The molecule has 30 heteroatoms. The molecule has 6 N–H and O–H groups in total. The number of nitrogens with zero attached hydrogens (tertiary/aromatic N) is 8. The van der Waals surface area contributed by atoms with E-state index in [4.69, 9.17) is 28.4 Å². The number of ether oxygens (including phenoxy) is 6. The van der Waals surface area contributed by atoms with Crippen LogP contribution in [0.15, 0.2) is 154 Å². The van der Waals surface area contributed by atoms with Gasteiger partial charge in [-0.05, 0) is 86.6 Å². The number of aliphatic hydroxyl groups excluding tert-OH is 2. The zero-order chi connectivity index (χ0) is 69.4. The summed E-state index contributed by atoms with van der Waals surface area (Å²) in [6.45, 7) is 1.61. The first-order valence-corrected chi connectivity index (χ1v) is 31.6. The average molecular weight is 1350 g/mol. The summed E-state index contributed by atoms with van der Waals surface area (Å²) in [5.74, 6) is -4.05. The van der Waals surface area contributed by atoms with Gasteiger partial charge in [-0.1, -0.05) is 0 Å². The summed E-state index contributed by atoms with van der Waals surface area (Å²) in [5, 5.41) is 28.6. The molecular weight excluding hydrogens is 1300 g/mol. The number of aliphatic hydroxyl groups is 2. The number of hydrogen-bond acceptors (Lipinski definition) is 22. The maximum atomic E-state index is 15.5. The Morgan fingerprint density at radius 2 is 0.790 bits per heavy atom. The molecule has 0 bridgehead atoms. The lowest BCUT2D eigenvalue weighted by molar-refractivity contribution is -0.123. The summed E-state index contributed by atoms with van der Waals surface area (Å²) in [6.07, 6.45) is 7.31. The zero-order valence-corrected chi connectivity index (χ0v) is 52.8. The Bertz CT molecular complexity index is 4910. The summed E-state index contributed by atoms with van der Waals surface area (Å²) in [4.78, 5) is 163. The van der Waals surface area contributed by atoms with Crippen molar-refractivity contribution in [3.8, 4) is 46.0 Å². The van der Waals surface area contributed by atoms with Gasteiger partial charge >= 0.3 is 11.4 Å². The van der Waals surface area contributed by atoms with E-state index in [1.165, 1.54) is 100 Å². The van der Waals surface area contributed by atoms with E-state index in [2.05, 4.69) is 40.5 Å². The van der Waals surface area contributed by atoms with E-state index in [1.807, 2.05) is 0 Å². The van der Waals surface area contributed by atoms with E-state index in [1.54, 1.807) is 48.5 Å². The van der Waals surface area contributed by atoms with Crippen molar-refractivity contribution in [3.05, 3.63) is 210 Å². The lowest BCUT2D eigenvalue weighted by atomic mass is 9.80. The number of hydrogen-bond donors (Lipinski definition) is 6. The Hall–Kier alpha value is -12.4. The molecule has 6 aromatic heterocycles. The molecule has 6 atom stereocenters. The van der Waals surface area contributed by atoms with Gasteiger partial charge in [-0.15, -0.1) is 0 Å². The predicted molar refractivity (Wildman–Crippen MR) is 352 cm³/mol. The van der Waals surface area contributed by atoms with Crippen LogP contribution in [0.4, 0.5) is 0 Å². The molecule has 15 rings (SSSR count). The van der Waals surface area contributed by atoms with Crippen molar-refractivity contribution in [2.75, 3.05) is 26.2 Å². The van der Waals surface area contributed by atoms with Crippen LogP contribution in [0.2, 0.25) is 0 Å². The van der Waals surface area contributed by atoms with Gasteiger partial charge in [-0.2, -0.15) is 0 Å². The second kappa shape index (κ2) is 25.6. The third-order valence-corrected chi connectivity index (χ3v) is 18.0. The molecular formula is C70H56N12O18. The molecule has 100 heavy (non-hydrogen) atoms. The quantitative estimate of drug-likeness (QED) is 0.0302. The standard InChI is InChI=1S/C70H56N12O18/c1-33-31-81(69(93)77-63(33)87)53-23-43(83)49(99-53)29-75-51(85)11-17-79-65(89)39-19-45(95-35-7-3-13-71-25-35)57-59-47(97-37-9-5-15-73-27-37)21-41-56-42(68(92)80(67(41)91)18-12-52(86)76-30-50-44(84)24-54(100-50)82-32-34(2)64(88)78-70(82)94)22-48(98-38-10-6-16-74-28-38)60(62(56)59)58-46(96-36-8-4-14-72-26-36)20-40(66(79)90)55(39)61(57)58/h3-10,13-16,19-22,25-28,31-32,43-44,49-50,53-54,83-84H,11-12,17-18,23-24,29-30H2,1-2H3,(H,75,85)(H,76,86)(H,77,87,93)(H,78,88,94)/t43-,44+,49+,50-,53+,54-. The third-order valence-electron chi connectivity index (χ3n) is 18.0. The van der Waals surface area contributed by atoms with Crippen LogP contribution < -0.4 is 52.1 Å². The topological polar surface area (TPSA) is 390 Å². The van der Waals surface area contributed by atoms with Gasteiger partial charge in [0, 0.05) is 143 Å². The van der Waals surface area contributed by atoms with Crippen molar-refractivity contribution in [3.63, 3.8) is 0 Å². The molecule has 0 radical (unpaired) electrons. The number of aromatic amines is 2. The van der Waals surface area contributed by atoms with E-state index in [-0.39, 0.29) is 148 Å². The van der Waals surface area contributed by atoms with Gasteiger partial charge in [0.2, 0.25) is 11.8 Å². The average Bonchev–Trinajstić information content (AvgIpc) is 1.23. The van der Waals surface area contributed by atoms with Crippen molar-refractivity contribution in [1.82, 2.24) is 59.5 Å². The normalized spacial score (nSPS) is 18.8. The molecule has 2 saturated heterocycles. The number of nitrogens with one attached hydrogen (secondary N) is 4. The van der Waals surface area contributed by atoms with Crippen molar-refractivity contribution in [2.24, 2.45) is 0 Å². The Balaban J connectivity index is 0.855. The molecule has 504 valence electrons. The smallest absolute Gasteiger partial charge is 0.330 e. The van der Waals surface area contributed by atoms with Crippen LogP contribution in [0, 0.1) is 13.8 Å². The minimum absolute atomic E-state index is 0.0287. The van der Waals surface area contributed by atoms with Crippen LogP contribution in [0.25, 0.3) is 43.1 Å². The lowest BCUT2D eigenvalue weighted by Gasteiger charge is -2.32. The van der Waals surface area contributed by atoms with E-state index < -0.39 is 121 Å². The molecule has 4 aliphatic rings. The van der Waals surface area contributed by atoms with Crippen LogP contribution in [-0.2, 0) is 19.1 Å². The molecule has 4 aliphatic heterocycles. The Morgan fingerprint density at radius 1 is 0.480 bits per heavy atom. The van der Waals surface area contributed by atoms with Crippen molar-refractivity contribution >= 4 is 78.5 Å². The van der Waals surface area contributed by atoms with E-state index >= 15 is 19.2 Å². The highest BCUT2D eigenvalue weighted by atomic mass is 16.5. The molecule has 11 aromatic rings. The first-order chi connectivity index (χ1) is 48.3. The minimum atomic E-state index is -1.14. The first-order valence-electron chi connectivity index (χ1n) is 31.6. The number of carbonyl (C=O) groups excluding carboxylic acids is 6. The Labute approximate surface area is 561 Å². The fourth-order valence-electron chi connectivity index (χ4n) is 13.2. The second-order valence-corrected chi connectivity index (χ2v) is 24.3. The van der Waals surface area contributed by atoms with Crippen LogP contribution in [0.5, 0.6) is 46.0 Å². The Morgan fingerprint density at radius 3 is 1.08 bits per heavy atom. The lowest BCUT2D eigenvalue weighted by Crippen LogP contribution is -2.43. The van der Waals surface area contributed by atoms with Gasteiger partial charge in [0.05, 0.1) is 59.2 Å². The number of imide groups is 2. The van der Waals surface area contributed by atoms with E-state index in [0.717, 1.165) is 18.9 Å². The molecule has 10 heterocycles. The number of aryl methyl sites for hydroxylation is 2. The first kappa shape index (κ1) is 63.7. The summed E-state index contributed by atoms with van der Waals surface area (Å²) in [7, 11) is 0. The number of pyridine rings is 4. The molecule has 0 spiro atoms. The fraction of sp³-hybridized carbons (Fsp3) is 0.229. The predicted octanol–water partition coefficient (Wildman–Crippen LogP) is 5.71. The monoisotopic (exact) mass is 1350 g/mol. The summed E-state index contributed by atoms with van der Waals surface area (Å²) in [6, 6.07) is 18.7. The van der Waals surface area contributed by atoms with Crippen molar-refractivity contribution in [1.29, 1.82) is 0 Å². The molecule has 30 nitrogen and oxygen atoms in total. The highest BCUT2D eigenvalue weighted by Gasteiger charge is 2.43. The number of carbonyl (C=O) groups is 6. The number of fused-ring (bicyclic) bond motifs is 2. The largest absolute Gasteiger partial charge is 0.455 e. The third kappa shape index (κ3) is 11.4.